The van der Waals surface area contributed by atoms with Crippen molar-refractivity contribution in [1.82, 2.24) is 0 Å². The third-order valence-corrected chi connectivity index (χ3v) is 7.37. The third-order valence-electron chi connectivity index (χ3n) is 5.57. The maximum atomic E-state index is 12.9. The Hall–Kier alpha value is -4.17. The molecule has 1 amide bonds. The van der Waals surface area contributed by atoms with Crippen LogP contribution in [0.5, 0.6) is 0 Å². The van der Waals surface area contributed by atoms with Crippen molar-refractivity contribution in [2.24, 2.45) is 0 Å². The first kappa shape index (κ1) is 24.0. The molecule has 0 saturated carbocycles. The van der Waals surface area contributed by atoms with Gasteiger partial charge in [-0.2, -0.15) is 0 Å². The molecule has 0 aliphatic rings. The number of rotatable bonds is 7. The minimum absolute atomic E-state index is 0.0298. The van der Waals surface area contributed by atoms with Gasteiger partial charge in [-0.15, -0.1) is 0 Å². The fourth-order valence-corrected chi connectivity index (χ4v) is 4.74. The van der Waals surface area contributed by atoms with Gasteiger partial charge in [0.05, 0.1) is 16.1 Å². The van der Waals surface area contributed by atoms with Gasteiger partial charge < -0.3 is 10.1 Å². The monoisotopic (exact) mass is 488 g/mol. The van der Waals surface area contributed by atoms with Gasteiger partial charge in [0, 0.05) is 18.1 Å². The summed E-state index contributed by atoms with van der Waals surface area (Å²) in [5, 5.41) is 4.65. The van der Waals surface area contributed by atoms with Gasteiger partial charge in [-0.1, -0.05) is 54.6 Å². The Morgan fingerprint density at radius 2 is 1.46 bits per heavy atom. The van der Waals surface area contributed by atoms with Crippen LogP contribution in [0.3, 0.4) is 0 Å². The zero-order valence-corrected chi connectivity index (χ0v) is 20.0. The Bertz CT molecular complexity index is 1460. The largest absolute Gasteiger partial charge is 0.449 e. The van der Waals surface area contributed by atoms with E-state index in [1.807, 2.05) is 36.4 Å². The number of ether oxygens (including phenoxy) is 1. The second-order valence-corrected chi connectivity index (χ2v) is 9.87. The smallest absolute Gasteiger partial charge is 0.338 e. The quantitative estimate of drug-likeness (QED) is 0.376. The predicted molar refractivity (Wildman–Crippen MR) is 136 cm³/mol. The molecule has 0 saturated heterocycles. The van der Waals surface area contributed by atoms with Gasteiger partial charge in [-0.3, -0.25) is 9.10 Å². The Morgan fingerprint density at radius 1 is 0.829 bits per heavy atom. The lowest BCUT2D eigenvalue weighted by atomic mass is 10.1. The van der Waals surface area contributed by atoms with Crippen molar-refractivity contribution in [3.8, 4) is 0 Å². The molecule has 0 aliphatic carbocycles. The summed E-state index contributed by atoms with van der Waals surface area (Å²) in [6.45, 7) is 1.48. The molecule has 0 bridgehead atoms. The first-order chi connectivity index (χ1) is 16.8. The highest BCUT2D eigenvalue weighted by atomic mass is 32.2. The Kier molecular flexibility index (Phi) is 6.84. The topological polar surface area (TPSA) is 92.8 Å². The van der Waals surface area contributed by atoms with Gasteiger partial charge in [0.2, 0.25) is 0 Å². The first-order valence-corrected chi connectivity index (χ1v) is 12.3. The Balaban J connectivity index is 1.43. The van der Waals surface area contributed by atoms with Crippen molar-refractivity contribution in [2.45, 2.75) is 17.9 Å². The minimum atomic E-state index is -3.81. The number of benzene rings is 4. The summed E-state index contributed by atoms with van der Waals surface area (Å²) in [6, 6.07) is 27.3. The van der Waals surface area contributed by atoms with Crippen LogP contribution in [-0.4, -0.2) is 33.4 Å². The molecule has 0 heterocycles. The summed E-state index contributed by atoms with van der Waals surface area (Å²) in [4.78, 5) is 25.3. The summed E-state index contributed by atoms with van der Waals surface area (Å²) in [5.74, 6) is -1.20. The Morgan fingerprint density at radius 3 is 2.17 bits per heavy atom. The highest BCUT2D eigenvalue weighted by Crippen LogP contribution is 2.24. The van der Waals surface area contributed by atoms with Crippen LogP contribution < -0.4 is 9.62 Å². The van der Waals surface area contributed by atoms with Gasteiger partial charge >= 0.3 is 5.97 Å². The minimum Gasteiger partial charge on any atom is -0.449 e. The molecule has 1 N–H and O–H groups in total. The van der Waals surface area contributed by atoms with Crippen molar-refractivity contribution in [2.75, 3.05) is 16.7 Å². The molecule has 0 aromatic heterocycles. The van der Waals surface area contributed by atoms with Gasteiger partial charge in [0.25, 0.3) is 15.9 Å². The molecule has 4 rings (SSSR count). The van der Waals surface area contributed by atoms with E-state index >= 15 is 0 Å². The number of amides is 1. The van der Waals surface area contributed by atoms with Crippen LogP contribution in [0, 0.1) is 0 Å². The van der Waals surface area contributed by atoms with Crippen LogP contribution in [0.4, 0.5) is 11.4 Å². The number of hydrogen-bond acceptors (Lipinski definition) is 5. The molecule has 8 heteroatoms. The number of fused-ring (bicyclic) bond motifs is 1. The molecular weight excluding hydrogens is 464 g/mol. The van der Waals surface area contributed by atoms with E-state index < -0.39 is 28.0 Å². The average Bonchev–Trinajstić information content (AvgIpc) is 2.89. The number of anilines is 2. The summed E-state index contributed by atoms with van der Waals surface area (Å²) >= 11 is 0. The first-order valence-electron chi connectivity index (χ1n) is 10.9. The zero-order valence-electron chi connectivity index (χ0n) is 19.2. The van der Waals surface area contributed by atoms with Crippen molar-refractivity contribution >= 4 is 44.0 Å². The highest BCUT2D eigenvalue weighted by molar-refractivity contribution is 7.92. The van der Waals surface area contributed by atoms with E-state index in [4.69, 9.17) is 4.74 Å². The zero-order chi connectivity index (χ0) is 25.0. The number of carbonyl (C=O) groups excluding carboxylic acids is 2. The molecule has 0 fully saturated rings. The number of nitrogens with zero attached hydrogens (tertiary/aromatic N) is 1. The van der Waals surface area contributed by atoms with Gasteiger partial charge in [0.15, 0.2) is 6.10 Å². The van der Waals surface area contributed by atoms with Gasteiger partial charge in [-0.05, 0) is 54.8 Å². The summed E-state index contributed by atoms with van der Waals surface area (Å²) in [6.07, 6.45) is -1.06. The van der Waals surface area contributed by atoms with Crippen LogP contribution >= 0.6 is 0 Å². The number of nitrogens with one attached hydrogen (secondary N) is 1. The lowest BCUT2D eigenvalue weighted by molar-refractivity contribution is -0.123. The standard InChI is InChI=1S/C27H24N2O5S/c1-19(26(30)28-25-14-8-10-20-9-6-7-13-24(20)25)34-27(31)21-15-17-23(18-16-21)35(32,33)29(2)22-11-4-3-5-12-22/h3-19H,1-2H3,(H,28,30). The van der Waals surface area contributed by atoms with Gasteiger partial charge in [0.1, 0.15) is 0 Å². The summed E-state index contributed by atoms with van der Waals surface area (Å²) in [5.41, 5.74) is 1.27. The number of carbonyl (C=O) groups is 2. The fraction of sp³-hybridized carbons (Fsp3) is 0.111. The SMILES string of the molecule is CC(OC(=O)c1ccc(S(=O)(=O)N(C)c2ccccc2)cc1)C(=O)Nc1cccc2ccccc12. The number of esters is 1. The van der Waals surface area contributed by atoms with E-state index in [0.717, 1.165) is 10.8 Å². The van der Waals surface area contributed by atoms with Crippen LogP contribution in [0.25, 0.3) is 10.8 Å². The molecule has 0 radical (unpaired) electrons. The maximum absolute atomic E-state index is 12.9. The molecule has 7 nitrogen and oxygen atoms in total. The van der Waals surface area contributed by atoms with Crippen molar-refractivity contribution in [3.63, 3.8) is 0 Å². The van der Waals surface area contributed by atoms with E-state index in [2.05, 4.69) is 5.32 Å². The molecule has 1 atom stereocenters. The highest BCUT2D eigenvalue weighted by Gasteiger charge is 2.23. The van der Waals surface area contributed by atoms with Crippen molar-refractivity contribution in [3.05, 3.63) is 103 Å². The second-order valence-electron chi connectivity index (χ2n) is 7.90. The van der Waals surface area contributed by atoms with Crippen molar-refractivity contribution in [1.29, 1.82) is 0 Å². The van der Waals surface area contributed by atoms with E-state index in [9.17, 15) is 18.0 Å². The summed E-state index contributed by atoms with van der Waals surface area (Å²) < 4.78 is 32.3. The predicted octanol–water partition coefficient (Wildman–Crippen LogP) is 4.85. The molecule has 1 unspecified atom stereocenters. The van der Waals surface area contributed by atoms with Crippen LogP contribution in [0.2, 0.25) is 0 Å². The average molecular weight is 489 g/mol. The number of hydrogen-bond donors (Lipinski definition) is 1. The molecule has 4 aromatic rings. The lowest BCUT2D eigenvalue weighted by Crippen LogP contribution is -2.30. The second kappa shape index (κ2) is 9.99. The molecular formula is C27H24N2O5S. The van der Waals surface area contributed by atoms with Crippen LogP contribution in [0.15, 0.2) is 102 Å². The third kappa shape index (κ3) is 5.17. The van der Waals surface area contributed by atoms with E-state index in [-0.39, 0.29) is 10.5 Å². The van der Waals surface area contributed by atoms with E-state index in [1.54, 1.807) is 36.4 Å². The molecule has 4 aromatic carbocycles. The number of sulfonamides is 1. The Labute approximate surface area is 204 Å². The molecule has 0 spiro atoms. The molecule has 0 aliphatic heterocycles. The maximum Gasteiger partial charge on any atom is 0.338 e. The molecule has 178 valence electrons. The van der Waals surface area contributed by atoms with E-state index in [0.29, 0.717) is 11.4 Å². The normalized spacial score (nSPS) is 12.1. The molecule has 35 heavy (non-hydrogen) atoms. The van der Waals surface area contributed by atoms with Gasteiger partial charge in [-0.25, -0.2) is 13.2 Å². The van der Waals surface area contributed by atoms with E-state index in [1.165, 1.54) is 42.5 Å². The van der Waals surface area contributed by atoms with Crippen LogP contribution in [-0.2, 0) is 19.6 Å². The number of para-hydroxylation sites is 1. The lowest BCUT2D eigenvalue weighted by Gasteiger charge is -2.19. The summed E-state index contributed by atoms with van der Waals surface area (Å²) in [7, 11) is -2.35. The van der Waals surface area contributed by atoms with Crippen molar-refractivity contribution < 1.29 is 22.7 Å². The fourth-order valence-electron chi connectivity index (χ4n) is 3.55. The van der Waals surface area contributed by atoms with Crippen LogP contribution in [0.1, 0.15) is 17.3 Å².